The number of aryl methyl sites for hydroxylation is 2. The maximum atomic E-state index is 12.9. The lowest BCUT2D eigenvalue weighted by Crippen LogP contribution is -2.46. The number of benzene rings is 2. The Bertz CT molecular complexity index is 1060. The van der Waals surface area contributed by atoms with Crippen LogP contribution in [0, 0.1) is 13.8 Å². The summed E-state index contributed by atoms with van der Waals surface area (Å²) in [4.78, 5) is 24.1. The van der Waals surface area contributed by atoms with E-state index in [4.69, 9.17) is 0 Å². The van der Waals surface area contributed by atoms with Crippen LogP contribution in [0.4, 0.5) is 5.69 Å². The monoisotopic (exact) mass is 429 g/mol. The summed E-state index contributed by atoms with van der Waals surface area (Å²) in [5.41, 5.74) is 3.01. The van der Waals surface area contributed by atoms with E-state index in [0.29, 0.717) is 42.1 Å². The molecule has 0 spiro atoms. The molecule has 30 heavy (non-hydrogen) atoms. The normalized spacial score (nSPS) is 15.6. The van der Waals surface area contributed by atoms with Gasteiger partial charge >= 0.3 is 0 Å². The predicted molar refractivity (Wildman–Crippen MR) is 116 cm³/mol. The van der Waals surface area contributed by atoms with Crippen LogP contribution in [0.5, 0.6) is 0 Å². The van der Waals surface area contributed by atoms with Crippen molar-refractivity contribution in [3.8, 4) is 0 Å². The zero-order valence-electron chi connectivity index (χ0n) is 17.4. The number of hydrogen-bond acceptors (Lipinski definition) is 4. The van der Waals surface area contributed by atoms with Gasteiger partial charge < -0.3 is 10.6 Å². The average molecular weight is 430 g/mol. The molecular formula is C22H27N3O4S. The van der Waals surface area contributed by atoms with Crippen LogP contribution in [0.15, 0.2) is 47.4 Å². The third-order valence-corrected chi connectivity index (χ3v) is 7.25. The molecule has 160 valence electrons. The molecule has 2 amide bonds. The second kappa shape index (κ2) is 8.97. The molecule has 0 saturated carbocycles. The Balaban J connectivity index is 1.61. The zero-order chi connectivity index (χ0) is 21.9. The molecule has 1 heterocycles. The van der Waals surface area contributed by atoms with Gasteiger partial charge in [-0.2, -0.15) is 4.31 Å². The van der Waals surface area contributed by atoms with Crippen molar-refractivity contribution in [1.82, 2.24) is 9.62 Å². The number of anilines is 1. The first-order valence-corrected chi connectivity index (χ1v) is 11.4. The SMILES string of the molecule is CC(=O)Nc1cccc(C(=O)NC2CCN(S(=O)(=O)c3ccc(C)c(C)c3)CC2)c1. The molecule has 1 aliphatic rings. The summed E-state index contributed by atoms with van der Waals surface area (Å²) in [6.07, 6.45) is 1.09. The summed E-state index contributed by atoms with van der Waals surface area (Å²) in [7, 11) is -3.54. The van der Waals surface area contributed by atoms with Gasteiger partial charge in [-0.25, -0.2) is 8.42 Å². The van der Waals surface area contributed by atoms with Crippen LogP contribution in [0.1, 0.15) is 41.3 Å². The Labute approximate surface area is 177 Å². The Hall–Kier alpha value is -2.71. The lowest BCUT2D eigenvalue weighted by atomic mass is 10.1. The van der Waals surface area contributed by atoms with E-state index in [1.54, 1.807) is 36.4 Å². The molecule has 1 fully saturated rings. The molecule has 7 nitrogen and oxygen atoms in total. The number of sulfonamides is 1. The number of carbonyl (C=O) groups is 2. The zero-order valence-corrected chi connectivity index (χ0v) is 18.3. The summed E-state index contributed by atoms with van der Waals surface area (Å²) in [6, 6.07) is 11.8. The van der Waals surface area contributed by atoms with E-state index in [2.05, 4.69) is 10.6 Å². The van der Waals surface area contributed by atoms with Gasteiger partial charge in [-0.15, -0.1) is 0 Å². The van der Waals surface area contributed by atoms with E-state index in [-0.39, 0.29) is 17.9 Å². The van der Waals surface area contributed by atoms with E-state index in [0.717, 1.165) is 11.1 Å². The molecule has 0 radical (unpaired) electrons. The molecule has 1 aliphatic heterocycles. The first-order valence-electron chi connectivity index (χ1n) is 9.93. The van der Waals surface area contributed by atoms with Crippen molar-refractivity contribution in [3.63, 3.8) is 0 Å². The highest BCUT2D eigenvalue weighted by Crippen LogP contribution is 2.23. The van der Waals surface area contributed by atoms with Gasteiger partial charge in [-0.3, -0.25) is 9.59 Å². The highest BCUT2D eigenvalue weighted by Gasteiger charge is 2.30. The molecule has 0 atom stereocenters. The van der Waals surface area contributed by atoms with Gasteiger partial charge in [0.05, 0.1) is 4.90 Å². The van der Waals surface area contributed by atoms with Crippen molar-refractivity contribution in [2.24, 2.45) is 0 Å². The number of piperidine rings is 1. The molecule has 2 aromatic carbocycles. The van der Waals surface area contributed by atoms with E-state index < -0.39 is 10.0 Å². The maximum Gasteiger partial charge on any atom is 0.251 e. The van der Waals surface area contributed by atoms with Gasteiger partial charge in [-0.05, 0) is 68.1 Å². The number of nitrogens with one attached hydrogen (secondary N) is 2. The molecule has 2 aromatic rings. The van der Waals surface area contributed by atoms with E-state index >= 15 is 0 Å². The standard InChI is InChI=1S/C22H27N3O4S/c1-15-7-8-21(13-16(15)2)30(28,29)25-11-9-19(10-12-25)24-22(27)18-5-4-6-20(14-18)23-17(3)26/h4-8,13-14,19H,9-12H2,1-3H3,(H,23,26)(H,24,27). The summed E-state index contributed by atoms with van der Waals surface area (Å²) in [5.74, 6) is -0.442. The van der Waals surface area contributed by atoms with Crippen LogP contribution in [0.3, 0.4) is 0 Å². The minimum absolute atomic E-state index is 0.104. The van der Waals surface area contributed by atoms with E-state index in [9.17, 15) is 18.0 Å². The predicted octanol–water partition coefficient (Wildman–Crippen LogP) is 2.84. The minimum atomic E-state index is -3.54. The van der Waals surface area contributed by atoms with Gasteiger partial charge in [0.1, 0.15) is 0 Å². The van der Waals surface area contributed by atoms with Crippen LogP contribution in [-0.4, -0.2) is 43.7 Å². The summed E-state index contributed by atoms with van der Waals surface area (Å²) in [6.45, 7) is 5.97. The Morgan fingerprint density at radius 1 is 1.00 bits per heavy atom. The van der Waals surface area contributed by atoms with Crippen molar-refractivity contribution >= 4 is 27.5 Å². The second-order valence-electron chi connectivity index (χ2n) is 7.66. The number of rotatable bonds is 5. The lowest BCUT2D eigenvalue weighted by molar-refractivity contribution is -0.114. The molecular weight excluding hydrogens is 402 g/mol. The number of carbonyl (C=O) groups excluding carboxylic acids is 2. The molecule has 8 heteroatoms. The minimum Gasteiger partial charge on any atom is -0.349 e. The van der Waals surface area contributed by atoms with Gasteiger partial charge in [0.2, 0.25) is 15.9 Å². The van der Waals surface area contributed by atoms with Crippen molar-refractivity contribution in [2.45, 2.75) is 44.6 Å². The summed E-state index contributed by atoms with van der Waals surface area (Å²) in [5, 5.41) is 5.63. The lowest BCUT2D eigenvalue weighted by Gasteiger charge is -2.31. The second-order valence-corrected chi connectivity index (χ2v) is 9.60. The van der Waals surface area contributed by atoms with Crippen LogP contribution < -0.4 is 10.6 Å². The fourth-order valence-electron chi connectivity index (χ4n) is 3.47. The number of nitrogens with zero attached hydrogens (tertiary/aromatic N) is 1. The van der Waals surface area contributed by atoms with E-state index in [1.165, 1.54) is 11.2 Å². The van der Waals surface area contributed by atoms with Crippen molar-refractivity contribution in [3.05, 3.63) is 59.2 Å². The molecule has 2 N–H and O–H groups in total. The van der Waals surface area contributed by atoms with Crippen LogP contribution >= 0.6 is 0 Å². The first kappa shape index (κ1) is 22.0. The quantitative estimate of drug-likeness (QED) is 0.764. The van der Waals surface area contributed by atoms with Gasteiger partial charge in [0.25, 0.3) is 5.91 Å². The largest absolute Gasteiger partial charge is 0.349 e. The third-order valence-electron chi connectivity index (χ3n) is 5.35. The average Bonchev–Trinajstić information content (AvgIpc) is 2.70. The fraction of sp³-hybridized carbons (Fsp3) is 0.364. The fourth-order valence-corrected chi connectivity index (χ4v) is 5.03. The van der Waals surface area contributed by atoms with Crippen LogP contribution in [0.2, 0.25) is 0 Å². The molecule has 0 unspecified atom stereocenters. The smallest absolute Gasteiger partial charge is 0.251 e. The van der Waals surface area contributed by atoms with Crippen LogP contribution in [-0.2, 0) is 14.8 Å². The maximum absolute atomic E-state index is 12.9. The highest BCUT2D eigenvalue weighted by molar-refractivity contribution is 7.89. The Morgan fingerprint density at radius 3 is 2.33 bits per heavy atom. The highest BCUT2D eigenvalue weighted by atomic mass is 32.2. The summed E-state index contributed by atoms with van der Waals surface area (Å²) < 4.78 is 27.3. The van der Waals surface area contributed by atoms with Gasteiger partial charge in [-0.1, -0.05) is 12.1 Å². The first-order chi connectivity index (χ1) is 14.2. The Morgan fingerprint density at radius 2 is 1.70 bits per heavy atom. The van der Waals surface area contributed by atoms with Crippen molar-refractivity contribution < 1.29 is 18.0 Å². The van der Waals surface area contributed by atoms with Crippen LogP contribution in [0.25, 0.3) is 0 Å². The Kier molecular flexibility index (Phi) is 6.58. The van der Waals surface area contributed by atoms with Crippen molar-refractivity contribution in [1.29, 1.82) is 0 Å². The molecule has 0 aromatic heterocycles. The van der Waals surface area contributed by atoms with Crippen molar-refractivity contribution in [2.75, 3.05) is 18.4 Å². The molecule has 3 rings (SSSR count). The van der Waals surface area contributed by atoms with Gasteiger partial charge in [0.15, 0.2) is 0 Å². The topological polar surface area (TPSA) is 95.6 Å². The number of hydrogen-bond donors (Lipinski definition) is 2. The third kappa shape index (κ3) is 5.06. The number of amides is 2. The van der Waals surface area contributed by atoms with Gasteiger partial charge in [0, 0.05) is 37.3 Å². The summed E-state index contributed by atoms with van der Waals surface area (Å²) >= 11 is 0. The molecule has 0 aliphatic carbocycles. The van der Waals surface area contributed by atoms with E-state index in [1.807, 2.05) is 19.9 Å². The molecule has 0 bridgehead atoms. The molecule has 1 saturated heterocycles.